The number of nitrogens with zero attached hydrogens (tertiary/aromatic N) is 1. The number of carbonyl (C=O) groups is 1. The van der Waals surface area contributed by atoms with Crippen molar-refractivity contribution in [2.45, 2.75) is 25.8 Å². The molecule has 1 amide bonds. The summed E-state index contributed by atoms with van der Waals surface area (Å²) in [5.41, 5.74) is 2.41. The van der Waals surface area contributed by atoms with Crippen molar-refractivity contribution in [3.05, 3.63) is 29.8 Å². The summed E-state index contributed by atoms with van der Waals surface area (Å²) in [5.74, 6) is 0.00942. The zero-order valence-corrected chi connectivity index (χ0v) is 13.6. The van der Waals surface area contributed by atoms with Gasteiger partial charge >= 0.3 is 0 Å². The molecule has 0 radical (unpaired) electrons. The van der Waals surface area contributed by atoms with Gasteiger partial charge in [-0.15, -0.1) is 0 Å². The van der Waals surface area contributed by atoms with E-state index in [2.05, 4.69) is 39.8 Å². The molecule has 1 aliphatic heterocycles. The standard InChI is InChI=1S/C17H27N3O2/c1-14(19-17(21)13-18-8-11-22-2)15-6-5-7-16(12-15)20-9-3-4-10-20/h5-7,12,14,18H,3-4,8-11,13H2,1-2H3,(H,19,21). The Bertz CT molecular complexity index is 473. The van der Waals surface area contributed by atoms with Gasteiger partial charge in [-0.05, 0) is 37.5 Å². The number of amides is 1. The number of methoxy groups -OCH3 is 1. The zero-order chi connectivity index (χ0) is 15.8. The van der Waals surface area contributed by atoms with Crippen LogP contribution in [0.4, 0.5) is 5.69 Å². The van der Waals surface area contributed by atoms with Crippen LogP contribution in [0.25, 0.3) is 0 Å². The number of rotatable bonds is 8. The molecule has 122 valence electrons. The minimum Gasteiger partial charge on any atom is -0.383 e. The van der Waals surface area contributed by atoms with Gasteiger partial charge in [-0.3, -0.25) is 4.79 Å². The third kappa shape index (κ3) is 5.00. The normalized spacial score (nSPS) is 15.8. The van der Waals surface area contributed by atoms with Gasteiger partial charge in [0.25, 0.3) is 0 Å². The van der Waals surface area contributed by atoms with Crippen LogP contribution >= 0.6 is 0 Å². The van der Waals surface area contributed by atoms with Crippen LogP contribution in [0.1, 0.15) is 31.4 Å². The Hall–Kier alpha value is -1.59. The van der Waals surface area contributed by atoms with E-state index in [1.54, 1.807) is 7.11 Å². The van der Waals surface area contributed by atoms with Crippen molar-refractivity contribution < 1.29 is 9.53 Å². The van der Waals surface area contributed by atoms with Crippen molar-refractivity contribution in [2.24, 2.45) is 0 Å². The average molecular weight is 305 g/mol. The molecule has 1 unspecified atom stereocenters. The van der Waals surface area contributed by atoms with E-state index in [9.17, 15) is 4.79 Å². The quantitative estimate of drug-likeness (QED) is 0.718. The largest absolute Gasteiger partial charge is 0.383 e. The Morgan fingerprint density at radius 1 is 1.36 bits per heavy atom. The monoisotopic (exact) mass is 305 g/mol. The van der Waals surface area contributed by atoms with Crippen molar-refractivity contribution in [1.29, 1.82) is 0 Å². The molecule has 5 heteroatoms. The van der Waals surface area contributed by atoms with Gasteiger partial charge in [0.15, 0.2) is 0 Å². The summed E-state index contributed by atoms with van der Waals surface area (Å²) in [7, 11) is 1.65. The Labute approximate surface area is 133 Å². The molecule has 1 atom stereocenters. The van der Waals surface area contributed by atoms with Crippen molar-refractivity contribution in [3.63, 3.8) is 0 Å². The number of carbonyl (C=O) groups excluding carboxylic acids is 1. The number of hydrogen-bond acceptors (Lipinski definition) is 4. The lowest BCUT2D eigenvalue weighted by Crippen LogP contribution is -2.36. The van der Waals surface area contributed by atoms with Crippen molar-refractivity contribution in [3.8, 4) is 0 Å². The Balaban J connectivity index is 1.85. The highest BCUT2D eigenvalue weighted by atomic mass is 16.5. The van der Waals surface area contributed by atoms with Gasteiger partial charge in [0.2, 0.25) is 5.91 Å². The molecule has 2 N–H and O–H groups in total. The highest BCUT2D eigenvalue weighted by Crippen LogP contribution is 2.23. The smallest absolute Gasteiger partial charge is 0.234 e. The van der Waals surface area contributed by atoms with Gasteiger partial charge in [0.1, 0.15) is 0 Å². The molecule has 1 saturated heterocycles. The molecule has 1 aliphatic rings. The SMILES string of the molecule is COCCNCC(=O)NC(C)c1cccc(N2CCCC2)c1. The number of anilines is 1. The van der Waals surface area contributed by atoms with E-state index in [0.29, 0.717) is 19.7 Å². The maximum absolute atomic E-state index is 11.9. The van der Waals surface area contributed by atoms with Crippen LogP contribution in [0, 0.1) is 0 Å². The Morgan fingerprint density at radius 2 is 2.14 bits per heavy atom. The van der Waals surface area contributed by atoms with E-state index in [1.807, 2.05) is 6.92 Å². The number of nitrogens with one attached hydrogen (secondary N) is 2. The first-order valence-electron chi connectivity index (χ1n) is 8.04. The van der Waals surface area contributed by atoms with E-state index >= 15 is 0 Å². The molecule has 1 aromatic rings. The fraction of sp³-hybridized carbons (Fsp3) is 0.588. The molecule has 1 heterocycles. The van der Waals surface area contributed by atoms with Gasteiger partial charge in [0, 0.05) is 32.4 Å². The Kier molecular flexibility index (Phi) is 6.68. The second-order valence-electron chi connectivity index (χ2n) is 5.75. The first kappa shape index (κ1) is 16.8. The number of hydrogen-bond donors (Lipinski definition) is 2. The molecule has 2 rings (SSSR count). The third-order valence-corrected chi connectivity index (χ3v) is 3.99. The van der Waals surface area contributed by atoms with Crippen LogP contribution in [0.2, 0.25) is 0 Å². The zero-order valence-electron chi connectivity index (χ0n) is 13.6. The lowest BCUT2D eigenvalue weighted by atomic mass is 10.1. The molecule has 0 aliphatic carbocycles. The molecule has 22 heavy (non-hydrogen) atoms. The molecule has 0 bridgehead atoms. The molecule has 0 saturated carbocycles. The van der Waals surface area contributed by atoms with Gasteiger partial charge in [-0.2, -0.15) is 0 Å². The van der Waals surface area contributed by atoms with E-state index in [4.69, 9.17) is 4.74 Å². The highest BCUT2D eigenvalue weighted by molar-refractivity contribution is 5.78. The summed E-state index contributed by atoms with van der Waals surface area (Å²) in [4.78, 5) is 14.3. The minimum atomic E-state index is 0.00942. The predicted octanol–water partition coefficient (Wildman–Crippen LogP) is 1.70. The molecule has 5 nitrogen and oxygen atoms in total. The third-order valence-electron chi connectivity index (χ3n) is 3.99. The molecule has 0 spiro atoms. The fourth-order valence-corrected chi connectivity index (χ4v) is 2.72. The maximum atomic E-state index is 11.9. The van der Waals surface area contributed by atoms with Crippen LogP contribution in [-0.2, 0) is 9.53 Å². The lowest BCUT2D eigenvalue weighted by molar-refractivity contribution is -0.120. The van der Waals surface area contributed by atoms with E-state index in [1.165, 1.54) is 18.5 Å². The minimum absolute atomic E-state index is 0.00942. The van der Waals surface area contributed by atoms with E-state index < -0.39 is 0 Å². The van der Waals surface area contributed by atoms with Gasteiger partial charge in [-0.25, -0.2) is 0 Å². The number of benzene rings is 1. The summed E-state index contributed by atoms with van der Waals surface area (Å²) in [6.07, 6.45) is 2.54. The first-order valence-corrected chi connectivity index (χ1v) is 8.04. The molecular weight excluding hydrogens is 278 g/mol. The molecule has 1 fully saturated rings. The summed E-state index contributed by atoms with van der Waals surface area (Å²) in [6.45, 7) is 5.90. The maximum Gasteiger partial charge on any atom is 0.234 e. The summed E-state index contributed by atoms with van der Waals surface area (Å²) in [6, 6.07) is 8.49. The molecule has 1 aromatic carbocycles. The molecule has 0 aromatic heterocycles. The van der Waals surface area contributed by atoms with Crippen LogP contribution in [0.3, 0.4) is 0 Å². The van der Waals surface area contributed by atoms with Crippen molar-refractivity contribution >= 4 is 11.6 Å². The lowest BCUT2D eigenvalue weighted by Gasteiger charge is -2.20. The van der Waals surface area contributed by atoms with Gasteiger partial charge in [-0.1, -0.05) is 12.1 Å². The van der Waals surface area contributed by atoms with Crippen LogP contribution in [0.5, 0.6) is 0 Å². The summed E-state index contributed by atoms with van der Waals surface area (Å²) < 4.78 is 4.94. The van der Waals surface area contributed by atoms with Crippen molar-refractivity contribution in [2.75, 3.05) is 44.8 Å². The second kappa shape index (κ2) is 8.76. The van der Waals surface area contributed by atoms with Crippen molar-refractivity contribution in [1.82, 2.24) is 10.6 Å². The first-order chi connectivity index (χ1) is 10.7. The fourth-order valence-electron chi connectivity index (χ4n) is 2.72. The summed E-state index contributed by atoms with van der Waals surface area (Å²) >= 11 is 0. The predicted molar refractivity (Wildman–Crippen MR) is 89.2 cm³/mol. The van der Waals surface area contributed by atoms with E-state index in [0.717, 1.165) is 18.7 Å². The summed E-state index contributed by atoms with van der Waals surface area (Å²) in [5, 5.41) is 6.08. The Morgan fingerprint density at radius 3 is 2.86 bits per heavy atom. The second-order valence-corrected chi connectivity index (χ2v) is 5.75. The van der Waals surface area contributed by atoms with E-state index in [-0.39, 0.29) is 11.9 Å². The van der Waals surface area contributed by atoms with Crippen LogP contribution in [-0.4, -0.2) is 45.8 Å². The van der Waals surface area contributed by atoms with Crippen LogP contribution in [0.15, 0.2) is 24.3 Å². The van der Waals surface area contributed by atoms with Crippen LogP contribution < -0.4 is 15.5 Å². The van der Waals surface area contributed by atoms with Gasteiger partial charge in [0.05, 0.1) is 19.2 Å². The average Bonchev–Trinajstić information content (AvgIpc) is 3.06. The topological polar surface area (TPSA) is 53.6 Å². The molecular formula is C17H27N3O2. The number of ether oxygens (including phenoxy) is 1. The highest BCUT2D eigenvalue weighted by Gasteiger charge is 2.14. The van der Waals surface area contributed by atoms with Gasteiger partial charge < -0.3 is 20.3 Å².